The van der Waals surface area contributed by atoms with Crippen LogP contribution in [0.5, 0.6) is 0 Å². The molecule has 2 aliphatic rings. The molecule has 9 heteroatoms. The van der Waals surface area contributed by atoms with E-state index in [1.165, 1.54) is 0 Å². The number of rotatable bonds is 8. The summed E-state index contributed by atoms with van der Waals surface area (Å²) in [5, 5.41) is 4.53. The van der Waals surface area contributed by atoms with Crippen LogP contribution in [-0.4, -0.2) is 66.9 Å². The van der Waals surface area contributed by atoms with Gasteiger partial charge in [-0.15, -0.1) is 0 Å². The normalized spacial score (nSPS) is 17.5. The van der Waals surface area contributed by atoms with Gasteiger partial charge in [-0.3, -0.25) is 9.59 Å². The van der Waals surface area contributed by atoms with E-state index >= 15 is 0 Å². The van der Waals surface area contributed by atoms with E-state index < -0.39 is 0 Å². The van der Waals surface area contributed by atoms with Crippen molar-refractivity contribution in [3.63, 3.8) is 0 Å². The van der Waals surface area contributed by atoms with Gasteiger partial charge in [0, 0.05) is 68.7 Å². The molecule has 0 aromatic heterocycles. The van der Waals surface area contributed by atoms with Crippen molar-refractivity contribution in [1.82, 2.24) is 9.80 Å². The van der Waals surface area contributed by atoms with Gasteiger partial charge in [-0.1, -0.05) is 23.2 Å². The number of anilines is 3. The van der Waals surface area contributed by atoms with Gasteiger partial charge < -0.3 is 25.8 Å². The molecule has 7 nitrogen and oxygen atoms in total. The first-order valence-electron chi connectivity index (χ1n) is 13.2. The highest BCUT2D eigenvalue weighted by molar-refractivity contribution is 6.42. The number of piperidine rings is 2. The lowest BCUT2D eigenvalue weighted by atomic mass is 9.94. The van der Waals surface area contributed by atoms with Gasteiger partial charge in [0.25, 0.3) is 0 Å². The van der Waals surface area contributed by atoms with Crippen molar-refractivity contribution in [2.75, 3.05) is 55.2 Å². The topological polar surface area (TPSA) is 81.9 Å². The molecule has 0 bridgehead atoms. The van der Waals surface area contributed by atoms with Crippen molar-refractivity contribution >= 4 is 52.1 Å². The van der Waals surface area contributed by atoms with E-state index in [-0.39, 0.29) is 17.7 Å². The number of halogens is 2. The SMILES string of the molecule is CC(=O)N1CCC(C(=O)N(CCCN2CCC(Nc3ccc(N)cc3)CC2)c2ccc(Cl)c(Cl)c2)CC1. The van der Waals surface area contributed by atoms with E-state index in [0.29, 0.717) is 48.6 Å². The van der Waals surface area contributed by atoms with Gasteiger partial charge in [0.1, 0.15) is 0 Å². The molecule has 0 aliphatic carbocycles. The zero-order valence-electron chi connectivity index (χ0n) is 21.5. The smallest absolute Gasteiger partial charge is 0.230 e. The molecule has 2 aliphatic heterocycles. The fraction of sp³-hybridized carbons (Fsp3) is 0.500. The third-order valence-electron chi connectivity index (χ3n) is 7.50. The lowest BCUT2D eigenvalue weighted by molar-refractivity contribution is -0.133. The van der Waals surface area contributed by atoms with Gasteiger partial charge in [-0.25, -0.2) is 0 Å². The molecule has 2 amide bonds. The van der Waals surface area contributed by atoms with Crippen LogP contribution in [-0.2, 0) is 9.59 Å². The van der Waals surface area contributed by atoms with Crippen LogP contribution >= 0.6 is 23.2 Å². The highest BCUT2D eigenvalue weighted by Gasteiger charge is 2.30. The van der Waals surface area contributed by atoms with Crippen LogP contribution in [0.4, 0.5) is 17.1 Å². The van der Waals surface area contributed by atoms with Crippen LogP contribution in [0.3, 0.4) is 0 Å². The maximum atomic E-state index is 13.6. The fourth-order valence-corrected chi connectivity index (χ4v) is 5.54. The zero-order valence-corrected chi connectivity index (χ0v) is 23.0. The zero-order chi connectivity index (χ0) is 26.4. The summed E-state index contributed by atoms with van der Waals surface area (Å²) < 4.78 is 0. The van der Waals surface area contributed by atoms with Gasteiger partial charge in [0.15, 0.2) is 0 Å². The molecule has 0 radical (unpaired) electrons. The molecule has 2 saturated heterocycles. The summed E-state index contributed by atoms with van der Waals surface area (Å²) in [7, 11) is 0. The molecule has 4 rings (SSSR count). The maximum Gasteiger partial charge on any atom is 0.230 e. The molecule has 3 N–H and O–H groups in total. The molecule has 0 unspecified atom stereocenters. The number of hydrogen-bond donors (Lipinski definition) is 2. The summed E-state index contributed by atoms with van der Waals surface area (Å²) in [5.74, 6) is 0.0767. The second-order valence-corrected chi connectivity index (χ2v) is 10.9. The molecule has 37 heavy (non-hydrogen) atoms. The quantitative estimate of drug-likeness (QED) is 0.449. The minimum atomic E-state index is -0.0970. The Hall–Kier alpha value is -2.48. The minimum Gasteiger partial charge on any atom is -0.399 e. The van der Waals surface area contributed by atoms with Gasteiger partial charge in [0.2, 0.25) is 11.8 Å². The van der Waals surface area contributed by atoms with Crippen molar-refractivity contribution in [1.29, 1.82) is 0 Å². The van der Waals surface area contributed by atoms with E-state index in [4.69, 9.17) is 28.9 Å². The summed E-state index contributed by atoms with van der Waals surface area (Å²) in [6, 6.07) is 13.7. The average Bonchev–Trinajstić information content (AvgIpc) is 2.90. The van der Waals surface area contributed by atoms with E-state index in [9.17, 15) is 9.59 Å². The molecule has 2 aromatic rings. The summed E-state index contributed by atoms with van der Waals surface area (Å²) in [6.07, 6.45) is 4.40. The fourth-order valence-electron chi connectivity index (χ4n) is 5.25. The first-order valence-corrected chi connectivity index (χ1v) is 13.9. The number of nitrogens with two attached hydrogens (primary N) is 1. The summed E-state index contributed by atoms with van der Waals surface area (Å²) in [4.78, 5) is 31.5. The molecule has 0 saturated carbocycles. The molecule has 0 spiro atoms. The molecule has 2 aromatic carbocycles. The van der Waals surface area contributed by atoms with Crippen molar-refractivity contribution in [2.45, 2.75) is 45.1 Å². The van der Waals surface area contributed by atoms with Gasteiger partial charge in [-0.2, -0.15) is 0 Å². The van der Waals surface area contributed by atoms with E-state index in [1.807, 2.05) is 40.1 Å². The van der Waals surface area contributed by atoms with E-state index in [0.717, 1.165) is 56.0 Å². The lowest BCUT2D eigenvalue weighted by Crippen LogP contribution is -2.45. The second-order valence-electron chi connectivity index (χ2n) is 10.1. The van der Waals surface area contributed by atoms with Crippen molar-refractivity contribution in [3.05, 3.63) is 52.5 Å². The number of benzene rings is 2. The molecule has 0 atom stereocenters. The predicted molar refractivity (Wildman–Crippen MR) is 152 cm³/mol. The van der Waals surface area contributed by atoms with Gasteiger partial charge >= 0.3 is 0 Å². The van der Waals surface area contributed by atoms with Crippen LogP contribution in [0.15, 0.2) is 42.5 Å². The summed E-state index contributed by atoms with van der Waals surface area (Å²) in [6.45, 7) is 6.44. The Morgan fingerprint density at radius 1 is 0.973 bits per heavy atom. The Bertz CT molecular complexity index is 1060. The van der Waals surface area contributed by atoms with E-state index in [2.05, 4.69) is 10.2 Å². The average molecular weight is 547 g/mol. The maximum absolute atomic E-state index is 13.6. The van der Waals surface area contributed by atoms with Crippen molar-refractivity contribution in [3.8, 4) is 0 Å². The number of amides is 2. The van der Waals surface area contributed by atoms with Crippen molar-refractivity contribution < 1.29 is 9.59 Å². The number of likely N-dealkylation sites (tertiary alicyclic amines) is 2. The van der Waals surface area contributed by atoms with Gasteiger partial charge in [0.05, 0.1) is 10.0 Å². The van der Waals surface area contributed by atoms with Crippen LogP contribution in [0.1, 0.15) is 39.0 Å². The van der Waals surface area contributed by atoms with Crippen LogP contribution < -0.4 is 16.0 Å². The second kappa shape index (κ2) is 12.9. The largest absolute Gasteiger partial charge is 0.399 e. The lowest BCUT2D eigenvalue weighted by Gasteiger charge is -2.35. The molecular formula is C28H37Cl2N5O2. The minimum absolute atomic E-state index is 0.0691. The first-order chi connectivity index (χ1) is 17.8. The van der Waals surface area contributed by atoms with Gasteiger partial charge in [-0.05, 0) is 81.1 Å². The molecule has 200 valence electrons. The Morgan fingerprint density at radius 3 is 2.27 bits per heavy atom. The molecular weight excluding hydrogens is 509 g/mol. The Kier molecular flexibility index (Phi) is 9.57. The van der Waals surface area contributed by atoms with Crippen LogP contribution in [0.2, 0.25) is 10.0 Å². The first kappa shape index (κ1) is 27.6. The molecule has 2 heterocycles. The number of nitrogen functional groups attached to an aromatic ring is 1. The number of carbonyl (C=O) groups excluding carboxylic acids is 2. The third-order valence-corrected chi connectivity index (χ3v) is 8.23. The van der Waals surface area contributed by atoms with Crippen LogP contribution in [0, 0.1) is 5.92 Å². The number of nitrogens with one attached hydrogen (secondary N) is 1. The number of carbonyl (C=O) groups is 2. The van der Waals surface area contributed by atoms with Crippen LogP contribution in [0.25, 0.3) is 0 Å². The highest BCUT2D eigenvalue weighted by Crippen LogP contribution is 2.30. The Labute approximate surface area is 229 Å². The standard InChI is InChI=1S/C28H37Cl2N5O2/c1-20(36)34-17-9-21(10-18-34)28(37)35(25-7-8-26(29)27(30)19-25)14-2-13-33-15-11-24(12-16-33)32-23-5-3-22(31)4-6-23/h3-8,19,21,24,32H,2,9-18,31H2,1H3. The Morgan fingerprint density at radius 2 is 1.65 bits per heavy atom. The Balaban J connectivity index is 1.31. The van der Waals surface area contributed by atoms with E-state index in [1.54, 1.807) is 19.1 Å². The summed E-state index contributed by atoms with van der Waals surface area (Å²) in [5.41, 5.74) is 8.45. The predicted octanol–water partition coefficient (Wildman–Crippen LogP) is 5.13. The number of nitrogens with zero attached hydrogens (tertiary/aromatic N) is 3. The third kappa shape index (κ3) is 7.53. The monoisotopic (exact) mass is 545 g/mol. The van der Waals surface area contributed by atoms with Crippen molar-refractivity contribution in [2.24, 2.45) is 5.92 Å². The highest BCUT2D eigenvalue weighted by atomic mass is 35.5. The molecule has 2 fully saturated rings. The summed E-state index contributed by atoms with van der Waals surface area (Å²) >= 11 is 12.4. The number of hydrogen-bond acceptors (Lipinski definition) is 5.